The molecule has 0 heterocycles. The third-order valence-electron chi connectivity index (χ3n) is 6.56. The van der Waals surface area contributed by atoms with E-state index in [-0.39, 0.29) is 12.7 Å². The Labute approximate surface area is 201 Å². The third-order valence-corrected chi connectivity index (χ3v) is 6.56. The molecule has 1 atom stereocenters. The quantitative estimate of drug-likeness (QED) is 0.263. The molecular formula is C32H30O2. The fourth-order valence-corrected chi connectivity index (χ4v) is 4.48. The summed E-state index contributed by atoms with van der Waals surface area (Å²) in [6.45, 7) is 2.94. The van der Waals surface area contributed by atoms with Gasteiger partial charge < -0.3 is 9.84 Å². The summed E-state index contributed by atoms with van der Waals surface area (Å²) in [7, 11) is 0. The zero-order valence-corrected chi connectivity index (χ0v) is 19.6. The number of fused-ring (bicyclic) bond motifs is 2. The zero-order chi connectivity index (χ0) is 23.3. The molecule has 0 saturated heterocycles. The van der Waals surface area contributed by atoms with E-state index in [1.807, 2.05) is 0 Å². The Kier molecular flexibility index (Phi) is 6.71. The monoisotopic (exact) mass is 446 g/mol. The topological polar surface area (TPSA) is 29.5 Å². The van der Waals surface area contributed by atoms with E-state index in [1.54, 1.807) is 0 Å². The van der Waals surface area contributed by atoms with Crippen molar-refractivity contribution in [3.63, 3.8) is 0 Å². The Morgan fingerprint density at radius 2 is 1.29 bits per heavy atom. The highest BCUT2D eigenvalue weighted by Gasteiger charge is 2.08. The first-order chi connectivity index (χ1) is 16.7. The maximum atomic E-state index is 9.06. The van der Waals surface area contributed by atoms with E-state index < -0.39 is 0 Å². The predicted octanol–water partition coefficient (Wildman–Crippen LogP) is 7.86. The lowest BCUT2D eigenvalue weighted by Gasteiger charge is -2.15. The number of aliphatic hydroxyl groups excluding tert-OH is 1. The van der Waals surface area contributed by atoms with Gasteiger partial charge in [0, 0.05) is 6.61 Å². The van der Waals surface area contributed by atoms with E-state index in [1.165, 1.54) is 49.4 Å². The second-order valence-corrected chi connectivity index (χ2v) is 8.98. The molecular weight excluding hydrogens is 416 g/mol. The van der Waals surface area contributed by atoms with Crippen molar-refractivity contribution in [1.29, 1.82) is 0 Å². The lowest BCUT2D eigenvalue weighted by Crippen LogP contribution is -2.00. The molecule has 0 aliphatic carbocycles. The molecule has 1 N–H and O–H groups in total. The van der Waals surface area contributed by atoms with Gasteiger partial charge in [0.15, 0.2) is 0 Å². The van der Waals surface area contributed by atoms with Crippen LogP contribution in [-0.4, -0.2) is 11.7 Å². The van der Waals surface area contributed by atoms with Gasteiger partial charge in [0.05, 0.1) is 12.7 Å². The Balaban J connectivity index is 1.25. The molecule has 0 aliphatic heterocycles. The average Bonchev–Trinajstić information content (AvgIpc) is 2.90. The van der Waals surface area contributed by atoms with Gasteiger partial charge in [0.1, 0.15) is 0 Å². The standard InChI is InChI=1S/C32H30O2/c1-23(28-15-14-26-6-2-3-7-29(26)20-28)34-22-25-9-11-27(12-10-25)31-17-16-30-19-24(5-4-18-33)8-13-32(30)21-31/h2-3,6-17,19-21,23,33H,4-5,18,22H2,1H3. The van der Waals surface area contributed by atoms with Crippen LogP contribution in [-0.2, 0) is 17.8 Å². The Morgan fingerprint density at radius 3 is 2.12 bits per heavy atom. The van der Waals surface area contributed by atoms with Gasteiger partial charge in [0.25, 0.3) is 0 Å². The number of aliphatic hydroxyl groups is 1. The highest BCUT2D eigenvalue weighted by molar-refractivity contribution is 5.88. The van der Waals surface area contributed by atoms with Gasteiger partial charge in [-0.2, -0.15) is 0 Å². The first-order valence-electron chi connectivity index (χ1n) is 12.0. The van der Waals surface area contributed by atoms with Crippen LogP contribution >= 0.6 is 0 Å². The molecule has 5 aromatic rings. The normalized spacial score (nSPS) is 12.3. The second kappa shape index (κ2) is 10.2. The van der Waals surface area contributed by atoms with Crippen molar-refractivity contribution in [1.82, 2.24) is 0 Å². The van der Waals surface area contributed by atoms with Crippen molar-refractivity contribution in [2.45, 2.75) is 32.5 Å². The number of hydrogen-bond donors (Lipinski definition) is 1. The van der Waals surface area contributed by atoms with Crippen LogP contribution in [0.2, 0.25) is 0 Å². The van der Waals surface area contributed by atoms with Crippen LogP contribution in [0.5, 0.6) is 0 Å². The fourth-order valence-electron chi connectivity index (χ4n) is 4.48. The van der Waals surface area contributed by atoms with Crippen molar-refractivity contribution >= 4 is 21.5 Å². The Hall–Kier alpha value is -3.46. The summed E-state index contributed by atoms with van der Waals surface area (Å²) in [5, 5.41) is 14.0. The Morgan fingerprint density at radius 1 is 0.647 bits per heavy atom. The second-order valence-electron chi connectivity index (χ2n) is 8.98. The van der Waals surface area contributed by atoms with Crippen LogP contribution in [0, 0.1) is 0 Å². The highest BCUT2D eigenvalue weighted by Crippen LogP contribution is 2.27. The van der Waals surface area contributed by atoms with Gasteiger partial charge in [-0.3, -0.25) is 0 Å². The van der Waals surface area contributed by atoms with Crippen molar-refractivity contribution in [3.05, 3.63) is 120 Å². The predicted molar refractivity (Wildman–Crippen MR) is 142 cm³/mol. The number of benzene rings is 5. The van der Waals surface area contributed by atoms with E-state index in [9.17, 15) is 0 Å². The molecule has 5 aromatic carbocycles. The molecule has 0 bridgehead atoms. The number of rotatable bonds is 8. The number of hydrogen-bond acceptors (Lipinski definition) is 2. The average molecular weight is 447 g/mol. The Bertz CT molecular complexity index is 1400. The molecule has 0 spiro atoms. The van der Waals surface area contributed by atoms with Crippen LogP contribution in [0.4, 0.5) is 0 Å². The smallest absolute Gasteiger partial charge is 0.0801 e. The zero-order valence-electron chi connectivity index (χ0n) is 19.6. The molecule has 170 valence electrons. The molecule has 5 rings (SSSR count). The van der Waals surface area contributed by atoms with Crippen LogP contribution in [0.15, 0.2) is 103 Å². The summed E-state index contributed by atoms with van der Waals surface area (Å²) >= 11 is 0. The van der Waals surface area contributed by atoms with Gasteiger partial charge in [-0.1, -0.05) is 91.0 Å². The van der Waals surface area contributed by atoms with Gasteiger partial charge in [-0.25, -0.2) is 0 Å². The van der Waals surface area contributed by atoms with Crippen LogP contribution in [0.25, 0.3) is 32.7 Å². The van der Waals surface area contributed by atoms with E-state index in [0.717, 1.165) is 12.8 Å². The summed E-state index contributed by atoms with van der Waals surface area (Å²) < 4.78 is 6.19. The van der Waals surface area contributed by atoms with E-state index in [2.05, 4.69) is 110 Å². The fraction of sp³-hybridized carbons (Fsp3) is 0.188. The summed E-state index contributed by atoms with van der Waals surface area (Å²) in [6.07, 6.45) is 1.75. The lowest BCUT2D eigenvalue weighted by molar-refractivity contribution is 0.0526. The largest absolute Gasteiger partial charge is 0.396 e. The SMILES string of the molecule is CC(OCc1ccc(-c2ccc3cc(CCCO)ccc3c2)cc1)c1ccc2ccccc2c1. The van der Waals surface area contributed by atoms with Crippen molar-refractivity contribution in [3.8, 4) is 11.1 Å². The van der Waals surface area contributed by atoms with E-state index in [4.69, 9.17) is 9.84 Å². The molecule has 0 radical (unpaired) electrons. The maximum absolute atomic E-state index is 9.06. The highest BCUT2D eigenvalue weighted by atomic mass is 16.5. The summed E-state index contributed by atoms with van der Waals surface area (Å²) in [5.74, 6) is 0. The van der Waals surface area contributed by atoms with Gasteiger partial charge in [0.2, 0.25) is 0 Å². The first kappa shape index (κ1) is 22.3. The van der Waals surface area contributed by atoms with Crippen molar-refractivity contribution < 1.29 is 9.84 Å². The van der Waals surface area contributed by atoms with Crippen molar-refractivity contribution in [2.75, 3.05) is 6.61 Å². The van der Waals surface area contributed by atoms with Gasteiger partial charge in [-0.05, 0) is 81.3 Å². The first-order valence-corrected chi connectivity index (χ1v) is 12.0. The van der Waals surface area contributed by atoms with E-state index in [0.29, 0.717) is 6.61 Å². The number of ether oxygens (including phenoxy) is 1. The molecule has 2 heteroatoms. The lowest BCUT2D eigenvalue weighted by atomic mass is 9.98. The van der Waals surface area contributed by atoms with Gasteiger partial charge >= 0.3 is 0 Å². The molecule has 0 fully saturated rings. The molecule has 1 unspecified atom stereocenters. The van der Waals surface area contributed by atoms with Crippen LogP contribution in [0.1, 0.15) is 36.1 Å². The summed E-state index contributed by atoms with van der Waals surface area (Å²) in [5.41, 5.74) is 6.07. The third kappa shape index (κ3) is 5.04. The molecule has 34 heavy (non-hydrogen) atoms. The summed E-state index contributed by atoms with van der Waals surface area (Å²) in [4.78, 5) is 0. The molecule has 0 saturated carbocycles. The van der Waals surface area contributed by atoms with Crippen molar-refractivity contribution in [2.24, 2.45) is 0 Å². The van der Waals surface area contributed by atoms with E-state index >= 15 is 0 Å². The minimum absolute atomic E-state index is 0.0343. The molecule has 0 amide bonds. The minimum Gasteiger partial charge on any atom is -0.396 e. The minimum atomic E-state index is 0.0343. The van der Waals surface area contributed by atoms with Crippen LogP contribution < -0.4 is 0 Å². The van der Waals surface area contributed by atoms with Crippen LogP contribution in [0.3, 0.4) is 0 Å². The molecule has 0 aliphatic rings. The summed E-state index contributed by atoms with van der Waals surface area (Å²) in [6, 6.07) is 36.8. The number of aryl methyl sites for hydroxylation is 1. The maximum Gasteiger partial charge on any atom is 0.0801 e. The molecule has 0 aromatic heterocycles. The molecule has 2 nitrogen and oxygen atoms in total. The van der Waals surface area contributed by atoms with Gasteiger partial charge in [-0.15, -0.1) is 0 Å².